The molecule has 100 valence electrons. The lowest BCUT2D eigenvalue weighted by atomic mass is 10.1. The molecule has 18 heavy (non-hydrogen) atoms. The maximum absolute atomic E-state index is 13.1. The first kappa shape index (κ1) is 13.1. The van der Waals surface area contributed by atoms with E-state index < -0.39 is 5.92 Å². The number of alkyl halides is 2. The third kappa shape index (κ3) is 2.72. The molecule has 5 heteroatoms. The van der Waals surface area contributed by atoms with Gasteiger partial charge in [-0.3, -0.25) is 0 Å². The minimum absolute atomic E-state index is 0.118. The highest BCUT2D eigenvalue weighted by Gasteiger charge is 2.34. The van der Waals surface area contributed by atoms with Gasteiger partial charge in [-0.25, -0.2) is 8.78 Å². The maximum atomic E-state index is 13.1. The van der Waals surface area contributed by atoms with Gasteiger partial charge in [-0.2, -0.15) is 0 Å². The van der Waals surface area contributed by atoms with Gasteiger partial charge in [0.15, 0.2) is 0 Å². The van der Waals surface area contributed by atoms with E-state index in [0.29, 0.717) is 24.4 Å². The van der Waals surface area contributed by atoms with E-state index in [4.69, 9.17) is 4.74 Å². The number of aliphatic hydroxyl groups is 1. The molecule has 0 amide bonds. The number of ether oxygens (including phenoxy) is 1. The van der Waals surface area contributed by atoms with Crippen LogP contribution in [0.4, 0.5) is 14.5 Å². The van der Waals surface area contributed by atoms with Crippen LogP contribution in [0, 0.1) is 0 Å². The summed E-state index contributed by atoms with van der Waals surface area (Å²) >= 11 is 0. The molecule has 1 aromatic carbocycles. The summed E-state index contributed by atoms with van der Waals surface area (Å²) in [6.07, 6.45) is -0.235. The van der Waals surface area contributed by atoms with Crippen molar-refractivity contribution in [3.05, 3.63) is 23.8 Å². The number of nitrogens with zero attached hydrogens (tertiary/aromatic N) is 1. The molecule has 0 spiro atoms. The smallest absolute Gasteiger partial charge is 0.251 e. The second-order valence-electron chi connectivity index (χ2n) is 4.50. The maximum Gasteiger partial charge on any atom is 0.251 e. The van der Waals surface area contributed by atoms with Gasteiger partial charge in [0.2, 0.25) is 0 Å². The molecule has 1 N–H and O–H groups in total. The Balaban J connectivity index is 2.15. The van der Waals surface area contributed by atoms with Crippen LogP contribution in [0.5, 0.6) is 5.75 Å². The first-order chi connectivity index (χ1) is 8.55. The van der Waals surface area contributed by atoms with Crippen LogP contribution in [0.15, 0.2) is 18.2 Å². The fourth-order valence-corrected chi connectivity index (χ4v) is 2.18. The summed E-state index contributed by atoms with van der Waals surface area (Å²) in [6, 6.07) is 5.39. The van der Waals surface area contributed by atoms with Crippen LogP contribution in [-0.4, -0.2) is 31.2 Å². The summed E-state index contributed by atoms with van der Waals surface area (Å²) < 4.78 is 31.3. The monoisotopic (exact) mass is 257 g/mol. The number of anilines is 1. The van der Waals surface area contributed by atoms with Gasteiger partial charge in [-0.05, 0) is 18.2 Å². The van der Waals surface area contributed by atoms with Crippen LogP contribution in [0.25, 0.3) is 0 Å². The van der Waals surface area contributed by atoms with Gasteiger partial charge in [0, 0.05) is 37.2 Å². The van der Waals surface area contributed by atoms with Gasteiger partial charge in [0.05, 0.1) is 13.7 Å². The van der Waals surface area contributed by atoms with Crippen molar-refractivity contribution in [2.24, 2.45) is 0 Å². The Kier molecular flexibility index (Phi) is 3.71. The lowest BCUT2D eigenvalue weighted by Crippen LogP contribution is -2.39. The topological polar surface area (TPSA) is 32.7 Å². The van der Waals surface area contributed by atoms with Crippen LogP contribution in [0.1, 0.15) is 18.4 Å². The Labute approximate surface area is 105 Å². The average Bonchev–Trinajstić information content (AvgIpc) is 2.38. The molecule has 1 aliphatic heterocycles. The summed E-state index contributed by atoms with van der Waals surface area (Å²) in [5.74, 6) is -1.92. The first-order valence-electron chi connectivity index (χ1n) is 5.96. The zero-order valence-corrected chi connectivity index (χ0v) is 10.3. The van der Waals surface area contributed by atoms with E-state index in [0.717, 1.165) is 5.69 Å². The van der Waals surface area contributed by atoms with Crippen LogP contribution in [0.3, 0.4) is 0 Å². The van der Waals surface area contributed by atoms with E-state index in [1.807, 2.05) is 11.0 Å². The van der Waals surface area contributed by atoms with Crippen molar-refractivity contribution in [1.29, 1.82) is 0 Å². The minimum Gasteiger partial charge on any atom is -0.496 e. The predicted octanol–water partition coefficient (Wildman–Crippen LogP) is 2.42. The highest BCUT2D eigenvalue weighted by molar-refractivity contribution is 5.53. The SMILES string of the molecule is COc1ccc(N2CCC(F)(F)CC2)cc1CO. The third-order valence-corrected chi connectivity index (χ3v) is 3.29. The molecule has 1 aromatic rings. The van der Waals surface area contributed by atoms with Crippen molar-refractivity contribution in [3.63, 3.8) is 0 Å². The molecule has 0 radical (unpaired) electrons. The number of methoxy groups -OCH3 is 1. The summed E-state index contributed by atoms with van der Waals surface area (Å²) in [5, 5.41) is 9.24. The molecule has 0 bridgehead atoms. The second kappa shape index (κ2) is 5.10. The van der Waals surface area contributed by atoms with E-state index in [2.05, 4.69) is 0 Å². The third-order valence-electron chi connectivity index (χ3n) is 3.29. The van der Waals surface area contributed by atoms with Gasteiger partial charge in [0.1, 0.15) is 5.75 Å². The zero-order valence-electron chi connectivity index (χ0n) is 10.3. The van der Waals surface area contributed by atoms with Crippen LogP contribution < -0.4 is 9.64 Å². The van der Waals surface area contributed by atoms with Gasteiger partial charge < -0.3 is 14.7 Å². The molecule has 1 aliphatic rings. The number of piperidine rings is 1. The van der Waals surface area contributed by atoms with Crippen molar-refractivity contribution in [1.82, 2.24) is 0 Å². The Bertz CT molecular complexity index is 413. The Hall–Kier alpha value is -1.36. The number of benzene rings is 1. The van der Waals surface area contributed by atoms with E-state index in [1.165, 1.54) is 7.11 Å². The quantitative estimate of drug-likeness (QED) is 0.902. The fraction of sp³-hybridized carbons (Fsp3) is 0.538. The summed E-state index contributed by atoms with van der Waals surface area (Å²) in [4.78, 5) is 1.91. The average molecular weight is 257 g/mol. The lowest BCUT2D eigenvalue weighted by molar-refractivity contribution is -0.0220. The Morgan fingerprint density at radius 3 is 2.56 bits per heavy atom. The molecule has 0 aliphatic carbocycles. The Morgan fingerprint density at radius 2 is 2.00 bits per heavy atom. The van der Waals surface area contributed by atoms with E-state index >= 15 is 0 Å². The van der Waals surface area contributed by atoms with Gasteiger partial charge in [0.25, 0.3) is 5.92 Å². The van der Waals surface area contributed by atoms with Gasteiger partial charge >= 0.3 is 0 Å². The predicted molar refractivity (Wildman–Crippen MR) is 65.3 cm³/mol. The summed E-state index contributed by atoms with van der Waals surface area (Å²) in [6.45, 7) is 0.551. The zero-order chi connectivity index (χ0) is 13.2. The van der Waals surface area contributed by atoms with E-state index in [1.54, 1.807) is 12.1 Å². The van der Waals surface area contributed by atoms with Crippen LogP contribution in [0.2, 0.25) is 0 Å². The summed E-state index contributed by atoms with van der Waals surface area (Å²) in [7, 11) is 1.54. The molecule has 0 aromatic heterocycles. The van der Waals surface area contributed by atoms with E-state index in [9.17, 15) is 13.9 Å². The van der Waals surface area contributed by atoms with Crippen molar-refractivity contribution < 1.29 is 18.6 Å². The normalized spacial score (nSPS) is 18.8. The highest BCUT2D eigenvalue weighted by atomic mass is 19.3. The molecular formula is C13H17F2NO2. The lowest BCUT2D eigenvalue weighted by Gasteiger charge is -2.33. The molecule has 1 saturated heterocycles. The molecular weight excluding hydrogens is 240 g/mol. The molecule has 0 unspecified atom stereocenters. The Morgan fingerprint density at radius 1 is 1.33 bits per heavy atom. The van der Waals surface area contributed by atoms with Gasteiger partial charge in [-0.1, -0.05) is 0 Å². The fourth-order valence-electron chi connectivity index (χ4n) is 2.18. The van der Waals surface area contributed by atoms with Crippen molar-refractivity contribution in [2.75, 3.05) is 25.1 Å². The van der Waals surface area contributed by atoms with Crippen molar-refractivity contribution in [2.45, 2.75) is 25.4 Å². The summed E-state index contributed by atoms with van der Waals surface area (Å²) in [5.41, 5.74) is 1.53. The van der Waals surface area contributed by atoms with Crippen molar-refractivity contribution in [3.8, 4) is 5.75 Å². The first-order valence-corrected chi connectivity index (χ1v) is 5.96. The minimum atomic E-state index is -2.54. The number of hydrogen-bond donors (Lipinski definition) is 1. The standard InChI is InChI=1S/C13H17F2NO2/c1-18-12-3-2-11(8-10(12)9-17)16-6-4-13(14,15)5-7-16/h2-3,8,17H,4-7,9H2,1H3. The molecule has 0 atom stereocenters. The van der Waals surface area contributed by atoms with Crippen LogP contribution in [-0.2, 0) is 6.61 Å². The molecule has 1 heterocycles. The number of halogens is 2. The molecule has 0 saturated carbocycles. The largest absolute Gasteiger partial charge is 0.496 e. The number of aliphatic hydroxyl groups excluding tert-OH is 1. The van der Waals surface area contributed by atoms with Crippen molar-refractivity contribution >= 4 is 5.69 Å². The number of hydrogen-bond acceptors (Lipinski definition) is 3. The highest BCUT2D eigenvalue weighted by Crippen LogP contribution is 2.32. The molecule has 1 fully saturated rings. The molecule has 3 nitrogen and oxygen atoms in total. The second-order valence-corrected chi connectivity index (χ2v) is 4.50. The van der Waals surface area contributed by atoms with E-state index in [-0.39, 0.29) is 19.4 Å². The van der Waals surface area contributed by atoms with Crippen LogP contribution >= 0.6 is 0 Å². The molecule has 2 rings (SSSR count). The number of rotatable bonds is 3. The van der Waals surface area contributed by atoms with Gasteiger partial charge in [-0.15, -0.1) is 0 Å².